The van der Waals surface area contributed by atoms with Crippen LogP contribution in [0.15, 0.2) is 54.9 Å². The van der Waals surface area contributed by atoms with Crippen molar-refractivity contribution in [3.63, 3.8) is 0 Å². The number of amides is 4. The van der Waals surface area contributed by atoms with Gasteiger partial charge in [-0.3, -0.25) is 9.59 Å². The lowest BCUT2D eigenvalue weighted by atomic mass is 9.93. The molecule has 3 fully saturated rings. The molecule has 0 spiro atoms. The van der Waals surface area contributed by atoms with E-state index < -0.39 is 41.9 Å². The van der Waals surface area contributed by atoms with Crippen molar-refractivity contribution in [3.05, 3.63) is 89.4 Å². The number of likely N-dealkylation sites (tertiary alicyclic amines) is 2. The number of rotatable bonds is 11. The maximum absolute atomic E-state index is 15.8. The molecule has 2 aromatic carbocycles. The molecule has 59 heavy (non-hydrogen) atoms. The van der Waals surface area contributed by atoms with Crippen molar-refractivity contribution < 1.29 is 37.4 Å². The van der Waals surface area contributed by atoms with Gasteiger partial charge in [0.05, 0.1) is 38.2 Å². The lowest BCUT2D eigenvalue weighted by molar-refractivity contribution is -0.135. The normalized spacial score (nSPS) is 19.5. The minimum absolute atomic E-state index is 0.0810. The van der Waals surface area contributed by atoms with E-state index >= 15 is 8.78 Å². The molecule has 15 nitrogen and oxygen atoms in total. The van der Waals surface area contributed by atoms with E-state index in [4.69, 9.17) is 9.47 Å². The molecule has 0 unspecified atom stereocenters. The Kier molecular flexibility index (Phi) is 12.5. The third-order valence-corrected chi connectivity index (χ3v) is 11.7. The predicted molar refractivity (Wildman–Crippen MR) is 213 cm³/mol. The first kappa shape index (κ1) is 41.2. The Bertz CT molecular complexity index is 2110. The number of nitrogens with zero attached hydrogens (tertiary/aromatic N) is 5. The van der Waals surface area contributed by atoms with E-state index in [0.717, 1.165) is 18.5 Å². The van der Waals surface area contributed by atoms with Crippen LogP contribution in [0.1, 0.15) is 99.3 Å². The molecule has 4 aromatic rings. The average Bonchev–Trinajstić information content (AvgIpc) is 4.08. The SMILES string of the molecule is COC(=O)N[C@H](C(=O)N1CCC[C@H]1c1ncc(C2CCN(c3c(F)cc(-c4cnc([C@@H]5CCCN5C(=O)[C@H](NC(=O)OC)c5ccccc5)[nH]4)cc3F)CC2)[nH]1)C(C)C. The highest BCUT2D eigenvalue weighted by Gasteiger charge is 2.39. The number of H-pyrrole nitrogens is 2. The minimum atomic E-state index is -0.974. The standard InChI is InChI=1S/C42H51F2N9O6/c1-24(2)34(49-41(56)58-3)39(54)52-16-8-12-32(52)37-45-22-30(47-37)25-14-18-51(19-15-25)36-28(43)20-27(21-29(36)44)31-23-46-38(48-31)33-13-9-17-53(33)40(55)35(50-42(57)59-4)26-10-6-5-7-11-26/h5-7,10-11,20-25,32-35H,8-9,12-19H2,1-4H3,(H,45,47)(H,46,48)(H,49,56)(H,50,57)/t32-,33-,34-,35+/m0/s1. The number of anilines is 1. The molecule has 17 heteroatoms. The highest BCUT2D eigenvalue weighted by atomic mass is 19.1. The number of benzene rings is 2. The summed E-state index contributed by atoms with van der Waals surface area (Å²) in [6, 6.07) is 9.10. The lowest BCUT2D eigenvalue weighted by Crippen LogP contribution is -2.51. The summed E-state index contributed by atoms with van der Waals surface area (Å²) < 4.78 is 41.2. The number of hydrogen-bond donors (Lipinski definition) is 4. The number of carbonyl (C=O) groups is 4. The number of methoxy groups -OCH3 is 2. The van der Waals surface area contributed by atoms with Crippen molar-refractivity contribution in [1.29, 1.82) is 0 Å². The first-order valence-electron chi connectivity index (χ1n) is 20.2. The number of halogens is 2. The van der Waals surface area contributed by atoms with Crippen LogP contribution in [-0.4, -0.2) is 100 Å². The molecule has 7 rings (SSSR count). The van der Waals surface area contributed by atoms with Gasteiger partial charge in [0.2, 0.25) is 5.91 Å². The molecule has 5 heterocycles. The second-order valence-corrected chi connectivity index (χ2v) is 15.7. The van der Waals surface area contributed by atoms with E-state index in [-0.39, 0.29) is 40.9 Å². The molecule has 3 aliphatic heterocycles. The van der Waals surface area contributed by atoms with Crippen molar-refractivity contribution in [3.8, 4) is 11.3 Å². The molecule has 4 N–H and O–H groups in total. The van der Waals surface area contributed by atoms with Gasteiger partial charge >= 0.3 is 12.2 Å². The van der Waals surface area contributed by atoms with Gasteiger partial charge in [-0.25, -0.2) is 28.3 Å². The van der Waals surface area contributed by atoms with Crippen LogP contribution < -0.4 is 15.5 Å². The van der Waals surface area contributed by atoms with Gasteiger partial charge in [0.15, 0.2) is 0 Å². The van der Waals surface area contributed by atoms with Gasteiger partial charge in [0, 0.05) is 49.6 Å². The number of piperidine rings is 1. The Morgan fingerprint density at radius 1 is 0.763 bits per heavy atom. The second-order valence-electron chi connectivity index (χ2n) is 15.7. The fourth-order valence-electron chi connectivity index (χ4n) is 8.60. The highest BCUT2D eigenvalue weighted by Crippen LogP contribution is 2.38. The Hall–Kier alpha value is -6.00. The zero-order chi connectivity index (χ0) is 41.8. The summed E-state index contributed by atoms with van der Waals surface area (Å²) in [5.41, 5.74) is 2.12. The van der Waals surface area contributed by atoms with E-state index in [1.165, 1.54) is 32.5 Å². The number of nitrogens with one attached hydrogen (secondary N) is 4. The van der Waals surface area contributed by atoms with Gasteiger partial charge in [-0.2, -0.15) is 0 Å². The quantitative estimate of drug-likeness (QED) is 0.136. The van der Waals surface area contributed by atoms with E-state index in [2.05, 4.69) is 30.6 Å². The monoisotopic (exact) mass is 815 g/mol. The molecule has 3 aliphatic rings. The number of ether oxygens (including phenoxy) is 2. The molecular weight excluding hydrogens is 765 g/mol. The third kappa shape index (κ3) is 8.73. The van der Waals surface area contributed by atoms with Crippen molar-refractivity contribution >= 4 is 29.7 Å². The van der Waals surface area contributed by atoms with Crippen LogP contribution in [0, 0.1) is 17.6 Å². The molecule has 4 amide bonds. The average molecular weight is 816 g/mol. The molecule has 2 aromatic heterocycles. The number of carbonyl (C=O) groups excluding carboxylic acids is 4. The van der Waals surface area contributed by atoms with Crippen LogP contribution >= 0.6 is 0 Å². The molecule has 3 saturated heterocycles. The van der Waals surface area contributed by atoms with Crippen molar-refractivity contribution in [1.82, 2.24) is 40.4 Å². The Balaban J connectivity index is 0.994. The lowest BCUT2D eigenvalue weighted by Gasteiger charge is -2.33. The number of aromatic nitrogens is 4. The maximum atomic E-state index is 15.8. The van der Waals surface area contributed by atoms with Crippen LogP contribution in [-0.2, 0) is 19.1 Å². The summed E-state index contributed by atoms with van der Waals surface area (Å²) in [4.78, 5) is 72.6. The zero-order valence-electron chi connectivity index (χ0n) is 33.7. The molecule has 4 atom stereocenters. The molecule has 0 bridgehead atoms. The Morgan fingerprint density at radius 3 is 1.95 bits per heavy atom. The second kappa shape index (κ2) is 17.9. The summed E-state index contributed by atoms with van der Waals surface area (Å²) in [5.74, 6) is -0.786. The topological polar surface area (TPSA) is 178 Å². The highest BCUT2D eigenvalue weighted by molar-refractivity contribution is 5.88. The molecule has 0 aliphatic carbocycles. The van der Waals surface area contributed by atoms with Gasteiger partial charge < -0.3 is 44.8 Å². The van der Waals surface area contributed by atoms with E-state index in [1.54, 1.807) is 45.2 Å². The zero-order valence-corrected chi connectivity index (χ0v) is 33.7. The van der Waals surface area contributed by atoms with E-state index in [9.17, 15) is 19.2 Å². The predicted octanol–water partition coefficient (Wildman–Crippen LogP) is 6.27. The molecule has 0 saturated carbocycles. The number of hydrogen-bond acceptors (Lipinski definition) is 9. The molecule has 0 radical (unpaired) electrons. The third-order valence-electron chi connectivity index (χ3n) is 11.7. The minimum Gasteiger partial charge on any atom is -0.453 e. The van der Waals surface area contributed by atoms with Crippen molar-refractivity contribution in [2.45, 2.75) is 82.5 Å². The fourth-order valence-corrected chi connectivity index (χ4v) is 8.60. The summed E-state index contributed by atoms with van der Waals surface area (Å²) in [6.45, 7) is 5.58. The van der Waals surface area contributed by atoms with E-state index in [0.29, 0.717) is 74.8 Å². The summed E-state index contributed by atoms with van der Waals surface area (Å²) >= 11 is 0. The molecule has 314 valence electrons. The largest absolute Gasteiger partial charge is 0.453 e. The fraction of sp³-hybridized carbons (Fsp3) is 0.476. The Labute approximate surface area is 341 Å². The number of imidazole rings is 2. The first-order valence-corrected chi connectivity index (χ1v) is 20.2. The summed E-state index contributed by atoms with van der Waals surface area (Å²) in [6.07, 6.45) is 6.04. The summed E-state index contributed by atoms with van der Waals surface area (Å²) in [7, 11) is 2.50. The van der Waals surface area contributed by atoms with Gasteiger partial charge in [0.1, 0.15) is 41.1 Å². The smallest absolute Gasteiger partial charge is 0.407 e. The van der Waals surface area contributed by atoms with E-state index in [1.807, 2.05) is 19.9 Å². The van der Waals surface area contributed by atoms with Gasteiger partial charge in [-0.1, -0.05) is 44.2 Å². The molecular formula is C42H51F2N9O6. The van der Waals surface area contributed by atoms with Crippen molar-refractivity contribution in [2.75, 3.05) is 45.3 Å². The maximum Gasteiger partial charge on any atom is 0.407 e. The summed E-state index contributed by atoms with van der Waals surface area (Å²) in [5, 5.41) is 5.31. The number of aromatic amines is 2. The van der Waals surface area contributed by atoms with Crippen LogP contribution in [0.4, 0.5) is 24.1 Å². The van der Waals surface area contributed by atoms with Crippen LogP contribution in [0.2, 0.25) is 0 Å². The van der Waals surface area contributed by atoms with Gasteiger partial charge in [0.25, 0.3) is 5.91 Å². The first-order chi connectivity index (χ1) is 28.5. The van der Waals surface area contributed by atoms with Crippen LogP contribution in [0.3, 0.4) is 0 Å². The van der Waals surface area contributed by atoms with Crippen LogP contribution in [0.25, 0.3) is 11.3 Å². The van der Waals surface area contributed by atoms with Crippen LogP contribution in [0.5, 0.6) is 0 Å². The Morgan fingerprint density at radius 2 is 1.34 bits per heavy atom. The number of alkyl carbamates (subject to hydrolysis) is 2. The van der Waals surface area contributed by atoms with Gasteiger partial charge in [-0.15, -0.1) is 0 Å². The van der Waals surface area contributed by atoms with Gasteiger partial charge in [-0.05, 0) is 62.1 Å². The van der Waals surface area contributed by atoms with Crippen molar-refractivity contribution in [2.24, 2.45) is 5.92 Å².